The van der Waals surface area contributed by atoms with Crippen LogP contribution in [0, 0.1) is 5.41 Å². The predicted octanol–water partition coefficient (Wildman–Crippen LogP) is 5.79. The smallest absolute Gasteiger partial charge is 0.178 e. The van der Waals surface area contributed by atoms with Gasteiger partial charge < -0.3 is 20.1 Å². The van der Waals surface area contributed by atoms with E-state index in [2.05, 4.69) is 39.0 Å². The highest BCUT2D eigenvalue weighted by Gasteiger charge is 2.30. The molecule has 2 aromatic carbocycles. The Labute approximate surface area is 193 Å². The zero-order valence-corrected chi connectivity index (χ0v) is 20.4. The number of aliphatic hydroxyl groups excluding tert-OH is 2. The van der Waals surface area contributed by atoms with E-state index in [1.165, 1.54) is 11.1 Å². The second-order valence-corrected chi connectivity index (χ2v) is 9.66. The highest BCUT2D eigenvalue weighted by Crippen LogP contribution is 2.34. The standard InChI is InChI=1S/C28H40O4/c1-7-20-18-23(14-10-21(20)13-17-25(29)27(4,5)6)28(8-2,9-3)19-32-24-15-11-22(12-16-24)26(30)31/h10-18,25-26,29-31H,7-9,19H2,1-6H3. The van der Waals surface area contributed by atoms with Crippen molar-refractivity contribution in [2.24, 2.45) is 5.41 Å². The monoisotopic (exact) mass is 440 g/mol. The Kier molecular flexibility index (Phi) is 9.08. The molecule has 1 unspecified atom stereocenters. The van der Waals surface area contributed by atoms with Gasteiger partial charge in [0.25, 0.3) is 0 Å². The molecule has 0 spiro atoms. The van der Waals surface area contributed by atoms with Gasteiger partial charge in [-0.3, -0.25) is 0 Å². The molecule has 0 amide bonds. The molecule has 0 saturated carbocycles. The maximum absolute atomic E-state index is 10.4. The molecule has 0 aliphatic carbocycles. The van der Waals surface area contributed by atoms with Crippen molar-refractivity contribution in [2.45, 2.75) is 78.6 Å². The normalized spacial score (nSPS) is 13.7. The van der Waals surface area contributed by atoms with Gasteiger partial charge in [0.05, 0.1) is 12.7 Å². The van der Waals surface area contributed by atoms with Crippen molar-refractivity contribution in [1.29, 1.82) is 0 Å². The highest BCUT2D eigenvalue weighted by molar-refractivity contribution is 5.56. The van der Waals surface area contributed by atoms with Crippen LogP contribution in [-0.4, -0.2) is 28.0 Å². The van der Waals surface area contributed by atoms with Gasteiger partial charge in [-0.25, -0.2) is 0 Å². The third-order valence-electron chi connectivity index (χ3n) is 6.53. The molecule has 0 aliphatic rings. The van der Waals surface area contributed by atoms with Gasteiger partial charge in [0, 0.05) is 11.0 Å². The molecule has 1 atom stereocenters. The van der Waals surface area contributed by atoms with E-state index in [-0.39, 0.29) is 10.8 Å². The summed E-state index contributed by atoms with van der Waals surface area (Å²) in [6, 6.07) is 13.5. The van der Waals surface area contributed by atoms with Crippen molar-refractivity contribution >= 4 is 6.08 Å². The van der Waals surface area contributed by atoms with E-state index in [1.54, 1.807) is 24.3 Å². The van der Waals surface area contributed by atoms with Gasteiger partial charge in [0.2, 0.25) is 0 Å². The van der Waals surface area contributed by atoms with Crippen molar-refractivity contribution in [2.75, 3.05) is 6.61 Å². The SMILES string of the molecule is CCc1cc(C(CC)(CC)COc2ccc(C(O)O)cc2)ccc1C=CC(O)C(C)(C)C. The first-order chi connectivity index (χ1) is 15.1. The molecule has 32 heavy (non-hydrogen) atoms. The van der Waals surface area contributed by atoms with Gasteiger partial charge in [-0.1, -0.05) is 84.0 Å². The summed E-state index contributed by atoms with van der Waals surface area (Å²) < 4.78 is 6.15. The summed E-state index contributed by atoms with van der Waals surface area (Å²) in [6.45, 7) is 13.2. The molecule has 176 valence electrons. The van der Waals surface area contributed by atoms with Crippen molar-refractivity contribution in [3.05, 3.63) is 70.8 Å². The summed E-state index contributed by atoms with van der Waals surface area (Å²) in [5, 5.41) is 28.9. The molecule has 0 fully saturated rings. The quantitative estimate of drug-likeness (QED) is 0.409. The molecule has 0 aliphatic heterocycles. The Morgan fingerprint density at radius 1 is 0.906 bits per heavy atom. The fourth-order valence-electron chi connectivity index (χ4n) is 3.79. The lowest BCUT2D eigenvalue weighted by molar-refractivity contribution is -0.0425. The highest BCUT2D eigenvalue weighted by atomic mass is 16.5. The number of hydrogen-bond donors (Lipinski definition) is 3. The molecule has 0 aromatic heterocycles. The summed E-state index contributed by atoms with van der Waals surface area (Å²) >= 11 is 0. The maximum Gasteiger partial charge on any atom is 0.178 e. The third-order valence-corrected chi connectivity index (χ3v) is 6.53. The Morgan fingerprint density at radius 2 is 1.53 bits per heavy atom. The lowest BCUT2D eigenvalue weighted by Crippen LogP contribution is -2.32. The largest absolute Gasteiger partial charge is 0.493 e. The topological polar surface area (TPSA) is 69.9 Å². The van der Waals surface area contributed by atoms with Crippen molar-refractivity contribution in [3.8, 4) is 5.75 Å². The van der Waals surface area contributed by atoms with Gasteiger partial charge in [-0.15, -0.1) is 0 Å². The lowest BCUT2D eigenvalue weighted by Gasteiger charge is -2.33. The zero-order valence-electron chi connectivity index (χ0n) is 20.4. The summed E-state index contributed by atoms with van der Waals surface area (Å²) in [5.74, 6) is 0.715. The second-order valence-electron chi connectivity index (χ2n) is 9.66. The molecule has 0 radical (unpaired) electrons. The molecule has 0 heterocycles. The van der Waals surface area contributed by atoms with E-state index in [0.29, 0.717) is 17.9 Å². The van der Waals surface area contributed by atoms with E-state index in [4.69, 9.17) is 4.74 Å². The van der Waals surface area contributed by atoms with Crippen LogP contribution < -0.4 is 4.74 Å². The number of rotatable bonds is 10. The van der Waals surface area contributed by atoms with Gasteiger partial charge >= 0.3 is 0 Å². The van der Waals surface area contributed by atoms with Gasteiger partial charge in [0.15, 0.2) is 6.29 Å². The summed E-state index contributed by atoms with van der Waals surface area (Å²) in [5.41, 5.74) is 3.80. The Morgan fingerprint density at radius 3 is 2.03 bits per heavy atom. The predicted molar refractivity (Wildman–Crippen MR) is 132 cm³/mol. The van der Waals surface area contributed by atoms with Crippen LogP contribution in [0.5, 0.6) is 5.75 Å². The first-order valence-electron chi connectivity index (χ1n) is 11.6. The summed E-state index contributed by atoms with van der Waals surface area (Å²) in [6.07, 6.45) is 4.75. The molecule has 0 saturated heterocycles. The minimum Gasteiger partial charge on any atom is -0.493 e. The van der Waals surface area contributed by atoms with Gasteiger partial charge in [-0.05, 0) is 53.5 Å². The van der Waals surface area contributed by atoms with Crippen LogP contribution in [0.1, 0.15) is 82.9 Å². The second kappa shape index (κ2) is 11.1. The summed E-state index contributed by atoms with van der Waals surface area (Å²) in [7, 11) is 0. The maximum atomic E-state index is 10.4. The number of benzene rings is 2. The average molecular weight is 441 g/mol. The van der Waals surface area contributed by atoms with Crippen LogP contribution in [0.25, 0.3) is 6.08 Å². The third kappa shape index (κ3) is 6.44. The van der Waals surface area contributed by atoms with Crippen LogP contribution >= 0.6 is 0 Å². The van der Waals surface area contributed by atoms with E-state index in [9.17, 15) is 15.3 Å². The van der Waals surface area contributed by atoms with Crippen LogP contribution in [-0.2, 0) is 11.8 Å². The van der Waals surface area contributed by atoms with Crippen molar-refractivity contribution in [3.63, 3.8) is 0 Å². The zero-order chi connectivity index (χ0) is 23.9. The Balaban J connectivity index is 2.27. The van der Waals surface area contributed by atoms with Crippen molar-refractivity contribution in [1.82, 2.24) is 0 Å². The first-order valence-corrected chi connectivity index (χ1v) is 11.6. The molecule has 0 bridgehead atoms. The average Bonchev–Trinajstić information content (AvgIpc) is 2.78. The van der Waals surface area contributed by atoms with Crippen LogP contribution in [0.2, 0.25) is 0 Å². The van der Waals surface area contributed by atoms with E-state index in [0.717, 1.165) is 24.8 Å². The number of aryl methyl sites for hydroxylation is 1. The molecule has 2 aromatic rings. The fourth-order valence-corrected chi connectivity index (χ4v) is 3.79. The molecule has 3 N–H and O–H groups in total. The first kappa shape index (κ1) is 26.1. The van der Waals surface area contributed by atoms with Crippen LogP contribution in [0.15, 0.2) is 48.5 Å². The molecular formula is C28H40O4. The Hall–Kier alpha value is -2.14. The minimum absolute atomic E-state index is 0.119. The van der Waals surface area contributed by atoms with Crippen LogP contribution in [0.4, 0.5) is 0 Å². The van der Waals surface area contributed by atoms with Crippen molar-refractivity contribution < 1.29 is 20.1 Å². The number of ether oxygens (including phenoxy) is 1. The minimum atomic E-state index is -1.47. The van der Waals surface area contributed by atoms with Gasteiger partial charge in [0.1, 0.15) is 5.75 Å². The van der Waals surface area contributed by atoms with E-state index < -0.39 is 12.4 Å². The van der Waals surface area contributed by atoms with E-state index >= 15 is 0 Å². The molecular weight excluding hydrogens is 400 g/mol. The molecule has 4 nitrogen and oxygen atoms in total. The molecule has 2 rings (SSSR count). The lowest BCUT2D eigenvalue weighted by atomic mass is 9.75. The van der Waals surface area contributed by atoms with Crippen LogP contribution in [0.3, 0.4) is 0 Å². The number of hydrogen-bond acceptors (Lipinski definition) is 4. The number of aliphatic hydroxyl groups is 3. The van der Waals surface area contributed by atoms with E-state index in [1.807, 2.05) is 32.9 Å². The Bertz CT molecular complexity index is 871. The van der Waals surface area contributed by atoms with Gasteiger partial charge in [-0.2, -0.15) is 0 Å². The molecule has 4 heteroatoms. The summed E-state index contributed by atoms with van der Waals surface area (Å²) in [4.78, 5) is 0. The fraction of sp³-hybridized carbons (Fsp3) is 0.500.